The Morgan fingerprint density at radius 3 is 2.86 bits per heavy atom. The Labute approximate surface area is 87.0 Å². The molecule has 0 N–H and O–H groups in total. The zero-order chi connectivity index (χ0) is 10.2. The smallest absolute Gasteiger partial charge is 0.293 e. The van der Waals surface area contributed by atoms with Crippen molar-refractivity contribution in [1.82, 2.24) is 0 Å². The quantitative estimate of drug-likeness (QED) is 0.500. The van der Waals surface area contributed by atoms with Crippen molar-refractivity contribution in [3.8, 4) is 0 Å². The van der Waals surface area contributed by atoms with Gasteiger partial charge in [0.25, 0.3) is 6.47 Å². The van der Waals surface area contributed by atoms with E-state index in [4.69, 9.17) is 4.74 Å². The highest BCUT2D eigenvalue weighted by Gasteiger charge is 2.20. The number of ether oxygens (including phenoxy) is 1. The summed E-state index contributed by atoms with van der Waals surface area (Å²) in [5.41, 5.74) is 0. The van der Waals surface area contributed by atoms with Gasteiger partial charge in [0.05, 0.1) is 0 Å². The molecule has 1 fully saturated rings. The molecule has 0 aromatic heterocycles. The van der Waals surface area contributed by atoms with E-state index in [1.165, 1.54) is 38.5 Å². The summed E-state index contributed by atoms with van der Waals surface area (Å²) in [4.78, 5) is 10.3. The molecule has 1 aliphatic carbocycles. The number of unbranched alkanes of at least 4 members (excludes halogenated alkanes) is 1. The van der Waals surface area contributed by atoms with Crippen LogP contribution in [0.3, 0.4) is 0 Å². The lowest BCUT2D eigenvalue weighted by Gasteiger charge is -2.18. The van der Waals surface area contributed by atoms with Gasteiger partial charge in [-0.1, -0.05) is 39.0 Å². The Bertz CT molecular complexity index is 156. The number of rotatable bonds is 5. The molecule has 2 unspecified atom stereocenters. The summed E-state index contributed by atoms with van der Waals surface area (Å²) in [6, 6.07) is 0. The first-order valence-electron chi connectivity index (χ1n) is 5.96. The normalized spacial score (nSPS) is 28.1. The van der Waals surface area contributed by atoms with Crippen LogP contribution in [0, 0.1) is 5.92 Å². The molecule has 0 radical (unpaired) electrons. The second-order valence-electron chi connectivity index (χ2n) is 4.38. The van der Waals surface area contributed by atoms with Gasteiger partial charge in [-0.2, -0.15) is 0 Å². The van der Waals surface area contributed by atoms with Crippen molar-refractivity contribution in [2.45, 2.75) is 64.4 Å². The lowest BCUT2D eigenvalue weighted by Crippen LogP contribution is -2.14. The summed E-state index contributed by atoms with van der Waals surface area (Å²) >= 11 is 0. The van der Waals surface area contributed by atoms with Crippen LogP contribution in [0.2, 0.25) is 0 Å². The van der Waals surface area contributed by atoms with Gasteiger partial charge in [0, 0.05) is 0 Å². The van der Waals surface area contributed by atoms with E-state index >= 15 is 0 Å². The molecule has 82 valence electrons. The van der Waals surface area contributed by atoms with Gasteiger partial charge < -0.3 is 4.74 Å². The zero-order valence-corrected chi connectivity index (χ0v) is 9.21. The molecule has 0 aromatic rings. The molecule has 0 heterocycles. The zero-order valence-electron chi connectivity index (χ0n) is 9.21. The van der Waals surface area contributed by atoms with Crippen LogP contribution < -0.4 is 0 Å². The standard InChI is InChI=1S/C12H22O2/c1-2-3-6-11-7-4-5-8-12(9-11)14-10-13/h10-12H,2-9H2,1H3. The van der Waals surface area contributed by atoms with Crippen LogP contribution in [-0.4, -0.2) is 12.6 Å². The lowest BCUT2D eigenvalue weighted by atomic mass is 9.93. The highest BCUT2D eigenvalue weighted by molar-refractivity contribution is 5.37. The number of hydrogen-bond acceptors (Lipinski definition) is 2. The molecule has 2 nitrogen and oxygen atoms in total. The summed E-state index contributed by atoms with van der Waals surface area (Å²) in [5, 5.41) is 0. The van der Waals surface area contributed by atoms with E-state index in [9.17, 15) is 4.79 Å². The van der Waals surface area contributed by atoms with Crippen LogP contribution in [0.5, 0.6) is 0 Å². The van der Waals surface area contributed by atoms with Gasteiger partial charge in [-0.3, -0.25) is 4.79 Å². The van der Waals surface area contributed by atoms with Crippen molar-refractivity contribution in [1.29, 1.82) is 0 Å². The average molecular weight is 198 g/mol. The van der Waals surface area contributed by atoms with Crippen LogP contribution in [0.4, 0.5) is 0 Å². The fourth-order valence-corrected chi connectivity index (χ4v) is 2.37. The Hall–Kier alpha value is -0.530. The number of carbonyl (C=O) groups excluding carboxylic acids is 1. The SMILES string of the molecule is CCCCC1CCCCC(OC=O)C1. The van der Waals surface area contributed by atoms with Crippen LogP contribution in [-0.2, 0) is 9.53 Å². The summed E-state index contributed by atoms with van der Waals surface area (Å²) < 4.78 is 5.09. The highest BCUT2D eigenvalue weighted by Crippen LogP contribution is 2.28. The van der Waals surface area contributed by atoms with Crippen molar-refractivity contribution in [2.75, 3.05) is 0 Å². The predicted octanol–water partition coefficient (Wildman–Crippen LogP) is 3.30. The maximum atomic E-state index is 10.3. The van der Waals surface area contributed by atoms with E-state index in [1.54, 1.807) is 0 Å². The predicted molar refractivity (Wildman–Crippen MR) is 57.0 cm³/mol. The number of hydrogen-bond donors (Lipinski definition) is 0. The molecule has 1 rings (SSSR count). The Morgan fingerprint density at radius 1 is 1.36 bits per heavy atom. The lowest BCUT2D eigenvalue weighted by molar-refractivity contribution is -0.134. The second kappa shape index (κ2) is 6.86. The molecular formula is C12H22O2. The van der Waals surface area contributed by atoms with Crippen molar-refractivity contribution in [3.63, 3.8) is 0 Å². The Morgan fingerprint density at radius 2 is 2.14 bits per heavy atom. The van der Waals surface area contributed by atoms with E-state index < -0.39 is 0 Å². The van der Waals surface area contributed by atoms with Crippen LogP contribution in [0.1, 0.15) is 58.3 Å². The molecule has 2 atom stereocenters. The van der Waals surface area contributed by atoms with Crippen LogP contribution in [0.25, 0.3) is 0 Å². The summed E-state index contributed by atoms with van der Waals surface area (Å²) in [7, 11) is 0. The van der Waals surface area contributed by atoms with Gasteiger partial charge in [-0.15, -0.1) is 0 Å². The van der Waals surface area contributed by atoms with Crippen LogP contribution in [0.15, 0.2) is 0 Å². The van der Waals surface area contributed by atoms with E-state index in [1.807, 2.05) is 0 Å². The first-order valence-corrected chi connectivity index (χ1v) is 5.96. The van der Waals surface area contributed by atoms with Crippen molar-refractivity contribution in [2.24, 2.45) is 5.92 Å². The van der Waals surface area contributed by atoms with Crippen molar-refractivity contribution in [3.05, 3.63) is 0 Å². The van der Waals surface area contributed by atoms with Crippen molar-refractivity contribution < 1.29 is 9.53 Å². The molecule has 0 aromatic carbocycles. The Kier molecular flexibility index (Phi) is 5.65. The Balaban J connectivity index is 2.30. The summed E-state index contributed by atoms with van der Waals surface area (Å²) in [6.07, 6.45) is 10.1. The molecule has 1 aliphatic rings. The molecular weight excluding hydrogens is 176 g/mol. The first kappa shape index (κ1) is 11.5. The van der Waals surface area contributed by atoms with E-state index in [-0.39, 0.29) is 6.10 Å². The second-order valence-corrected chi connectivity index (χ2v) is 4.38. The van der Waals surface area contributed by atoms with Crippen LogP contribution >= 0.6 is 0 Å². The third-order valence-electron chi connectivity index (χ3n) is 3.20. The monoisotopic (exact) mass is 198 g/mol. The first-order chi connectivity index (χ1) is 6.86. The molecule has 0 bridgehead atoms. The molecule has 0 amide bonds. The summed E-state index contributed by atoms with van der Waals surface area (Å²) in [6.45, 7) is 2.85. The number of carbonyl (C=O) groups is 1. The third kappa shape index (κ3) is 4.12. The molecule has 1 saturated carbocycles. The van der Waals surface area contributed by atoms with Gasteiger partial charge in [0.2, 0.25) is 0 Å². The van der Waals surface area contributed by atoms with Gasteiger partial charge >= 0.3 is 0 Å². The van der Waals surface area contributed by atoms with Crippen molar-refractivity contribution >= 4 is 6.47 Å². The van der Waals surface area contributed by atoms with E-state index in [0.717, 1.165) is 18.8 Å². The average Bonchev–Trinajstić information content (AvgIpc) is 2.41. The topological polar surface area (TPSA) is 26.3 Å². The largest absolute Gasteiger partial charge is 0.465 e. The molecule has 0 spiro atoms. The molecule has 0 aliphatic heterocycles. The van der Waals surface area contributed by atoms with Gasteiger partial charge in [0.15, 0.2) is 0 Å². The minimum absolute atomic E-state index is 0.205. The maximum absolute atomic E-state index is 10.3. The fraction of sp³-hybridized carbons (Fsp3) is 0.917. The molecule has 0 saturated heterocycles. The summed E-state index contributed by atoms with van der Waals surface area (Å²) in [5.74, 6) is 0.794. The van der Waals surface area contributed by atoms with E-state index in [2.05, 4.69) is 6.92 Å². The third-order valence-corrected chi connectivity index (χ3v) is 3.20. The van der Waals surface area contributed by atoms with Gasteiger partial charge in [-0.05, 0) is 25.2 Å². The molecule has 2 heteroatoms. The minimum atomic E-state index is 0.205. The fourth-order valence-electron chi connectivity index (χ4n) is 2.37. The van der Waals surface area contributed by atoms with Gasteiger partial charge in [-0.25, -0.2) is 0 Å². The maximum Gasteiger partial charge on any atom is 0.293 e. The highest BCUT2D eigenvalue weighted by atomic mass is 16.5. The molecule has 14 heavy (non-hydrogen) atoms. The minimum Gasteiger partial charge on any atom is -0.465 e. The van der Waals surface area contributed by atoms with Gasteiger partial charge in [0.1, 0.15) is 6.10 Å². The van der Waals surface area contributed by atoms with E-state index in [0.29, 0.717) is 6.47 Å².